The van der Waals surface area contributed by atoms with E-state index in [0.717, 1.165) is 11.3 Å². The molecule has 0 unspecified atom stereocenters. The first-order chi connectivity index (χ1) is 6.11. The summed E-state index contributed by atoms with van der Waals surface area (Å²) in [5.74, 6) is -2.01. The van der Waals surface area contributed by atoms with Crippen LogP contribution in [-0.2, 0) is 4.79 Å². The van der Waals surface area contributed by atoms with Crippen molar-refractivity contribution in [1.82, 2.24) is 4.98 Å². The normalized spacial score (nSPS) is 10.4. The van der Waals surface area contributed by atoms with E-state index in [0.29, 0.717) is 0 Å². The zero-order valence-corrected chi connectivity index (χ0v) is 7.18. The minimum Gasteiger partial charge on any atom is -0.293 e. The van der Waals surface area contributed by atoms with Gasteiger partial charge in [-0.05, 0) is 0 Å². The summed E-state index contributed by atoms with van der Waals surface area (Å²) < 4.78 is 23.4. The molecular formula is C7H5F2NO2S. The van der Waals surface area contributed by atoms with Crippen LogP contribution in [0.1, 0.15) is 16.2 Å². The van der Waals surface area contributed by atoms with Crippen LogP contribution in [0.15, 0.2) is 11.6 Å². The highest BCUT2D eigenvalue weighted by molar-refractivity contribution is 7.11. The van der Waals surface area contributed by atoms with Crippen molar-refractivity contribution in [2.75, 3.05) is 0 Å². The third kappa shape index (κ3) is 2.66. The number of halogens is 2. The van der Waals surface area contributed by atoms with Crippen LogP contribution in [0.2, 0.25) is 0 Å². The standard InChI is InChI=1S/C7H5F2NO2S/c8-6(9)4(11)3-5(12)7-10-1-2-13-7/h1-2,6H,3H2. The number of alkyl halides is 2. The molecule has 0 radical (unpaired) electrons. The summed E-state index contributed by atoms with van der Waals surface area (Å²) in [4.78, 5) is 25.1. The second kappa shape index (κ2) is 4.18. The van der Waals surface area contributed by atoms with Crippen LogP contribution in [0.5, 0.6) is 0 Å². The Morgan fingerprint density at radius 3 is 2.69 bits per heavy atom. The van der Waals surface area contributed by atoms with Crippen molar-refractivity contribution in [3.63, 3.8) is 0 Å². The third-order valence-electron chi connectivity index (χ3n) is 1.25. The van der Waals surface area contributed by atoms with E-state index in [9.17, 15) is 18.4 Å². The van der Waals surface area contributed by atoms with E-state index in [4.69, 9.17) is 0 Å². The minimum atomic E-state index is -3.08. The molecule has 1 aromatic rings. The van der Waals surface area contributed by atoms with Crippen molar-refractivity contribution in [2.45, 2.75) is 12.8 Å². The first-order valence-corrected chi connectivity index (χ1v) is 4.23. The van der Waals surface area contributed by atoms with Gasteiger partial charge in [0.05, 0.1) is 6.42 Å². The lowest BCUT2D eigenvalue weighted by molar-refractivity contribution is -0.128. The summed E-state index contributed by atoms with van der Waals surface area (Å²) in [6.45, 7) is 0. The van der Waals surface area contributed by atoms with Gasteiger partial charge in [-0.3, -0.25) is 9.59 Å². The van der Waals surface area contributed by atoms with Crippen LogP contribution in [-0.4, -0.2) is 23.0 Å². The maximum Gasteiger partial charge on any atom is 0.296 e. The van der Waals surface area contributed by atoms with E-state index in [2.05, 4.69) is 4.98 Å². The smallest absolute Gasteiger partial charge is 0.293 e. The van der Waals surface area contributed by atoms with Crippen LogP contribution in [0, 0.1) is 0 Å². The Morgan fingerprint density at radius 1 is 1.54 bits per heavy atom. The molecule has 0 aliphatic carbocycles. The highest BCUT2D eigenvalue weighted by Crippen LogP contribution is 2.09. The highest BCUT2D eigenvalue weighted by atomic mass is 32.1. The summed E-state index contributed by atoms with van der Waals surface area (Å²) >= 11 is 1.03. The van der Waals surface area contributed by atoms with Crippen LogP contribution in [0.25, 0.3) is 0 Å². The van der Waals surface area contributed by atoms with Crippen molar-refractivity contribution in [1.29, 1.82) is 0 Å². The molecule has 3 nitrogen and oxygen atoms in total. The van der Waals surface area contributed by atoms with Crippen molar-refractivity contribution in [3.8, 4) is 0 Å². The molecule has 70 valence electrons. The number of thiazole rings is 1. The summed E-state index contributed by atoms with van der Waals surface area (Å²) in [5, 5.41) is 1.63. The van der Waals surface area contributed by atoms with E-state index in [1.165, 1.54) is 6.20 Å². The van der Waals surface area contributed by atoms with Gasteiger partial charge in [0.2, 0.25) is 5.78 Å². The fourth-order valence-electron chi connectivity index (χ4n) is 0.672. The number of rotatable bonds is 4. The second-order valence-electron chi connectivity index (χ2n) is 2.20. The van der Waals surface area contributed by atoms with Crippen LogP contribution in [0.4, 0.5) is 8.78 Å². The Bertz CT molecular complexity index is 310. The maximum absolute atomic E-state index is 11.7. The van der Waals surface area contributed by atoms with Gasteiger partial charge in [0, 0.05) is 11.6 Å². The van der Waals surface area contributed by atoms with E-state index < -0.39 is 24.4 Å². The summed E-state index contributed by atoms with van der Waals surface area (Å²) in [6.07, 6.45) is -2.47. The minimum absolute atomic E-state index is 0.0917. The molecule has 0 N–H and O–H groups in total. The highest BCUT2D eigenvalue weighted by Gasteiger charge is 2.20. The van der Waals surface area contributed by atoms with Crippen LogP contribution >= 0.6 is 11.3 Å². The molecule has 0 fully saturated rings. The molecule has 1 heterocycles. The molecule has 0 aliphatic rings. The van der Waals surface area contributed by atoms with Crippen molar-refractivity contribution < 1.29 is 18.4 Å². The molecule has 6 heteroatoms. The Labute approximate surface area is 76.4 Å². The van der Waals surface area contributed by atoms with Crippen LogP contribution < -0.4 is 0 Å². The molecule has 0 spiro atoms. The first kappa shape index (κ1) is 9.91. The van der Waals surface area contributed by atoms with E-state index in [1.54, 1.807) is 5.38 Å². The molecule has 0 amide bonds. The lowest BCUT2D eigenvalue weighted by Crippen LogP contribution is -2.15. The quantitative estimate of drug-likeness (QED) is 0.553. The topological polar surface area (TPSA) is 47.0 Å². The maximum atomic E-state index is 11.7. The SMILES string of the molecule is O=C(CC(=O)C(F)F)c1nccs1. The van der Waals surface area contributed by atoms with Crippen molar-refractivity contribution in [3.05, 3.63) is 16.6 Å². The fourth-order valence-corrected chi connectivity index (χ4v) is 1.25. The molecule has 1 rings (SSSR count). The second-order valence-corrected chi connectivity index (χ2v) is 3.10. The number of hydrogen-bond acceptors (Lipinski definition) is 4. The molecular weight excluding hydrogens is 200 g/mol. The van der Waals surface area contributed by atoms with E-state index in [-0.39, 0.29) is 5.01 Å². The number of Topliss-reactive ketones (excluding diaryl/α,β-unsaturated/α-hetero) is 2. The zero-order valence-electron chi connectivity index (χ0n) is 6.37. The van der Waals surface area contributed by atoms with Gasteiger partial charge in [-0.15, -0.1) is 11.3 Å². The molecule has 13 heavy (non-hydrogen) atoms. The van der Waals surface area contributed by atoms with Gasteiger partial charge in [0.25, 0.3) is 6.43 Å². The fraction of sp³-hybridized carbons (Fsp3) is 0.286. The number of ketones is 2. The zero-order chi connectivity index (χ0) is 9.84. The molecule has 1 aromatic heterocycles. The Balaban J connectivity index is 2.57. The lowest BCUT2D eigenvalue weighted by atomic mass is 10.2. The van der Waals surface area contributed by atoms with Gasteiger partial charge in [0.1, 0.15) is 0 Å². The summed E-state index contributed by atoms with van der Waals surface area (Å²) in [6, 6.07) is 0. The Morgan fingerprint density at radius 2 is 2.23 bits per heavy atom. The van der Waals surface area contributed by atoms with Gasteiger partial charge in [-0.1, -0.05) is 0 Å². The predicted octanol–water partition coefficient (Wildman–Crippen LogP) is 1.55. The number of hydrogen-bond donors (Lipinski definition) is 0. The molecule has 0 atom stereocenters. The van der Waals surface area contributed by atoms with Crippen LogP contribution in [0.3, 0.4) is 0 Å². The van der Waals surface area contributed by atoms with Crippen molar-refractivity contribution >= 4 is 22.9 Å². The number of nitrogens with zero attached hydrogens (tertiary/aromatic N) is 1. The van der Waals surface area contributed by atoms with Gasteiger partial charge in [0.15, 0.2) is 10.8 Å². The molecule has 0 saturated carbocycles. The van der Waals surface area contributed by atoms with E-state index in [1.807, 2.05) is 0 Å². The number of carbonyl (C=O) groups excluding carboxylic acids is 2. The van der Waals surface area contributed by atoms with Gasteiger partial charge < -0.3 is 0 Å². The van der Waals surface area contributed by atoms with Gasteiger partial charge >= 0.3 is 0 Å². The summed E-state index contributed by atoms with van der Waals surface area (Å²) in [7, 11) is 0. The van der Waals surface area contributed by atoms with Gasteiger partial charge in [-0.2, -0.15) is 0 Å². The average molecular weight is 205 g/mol. The monoisotopic (exact) mass is 205 g/mol. The largest absolute Gasteiger partial charge is 0.296 e. The molecule has 0 aromatic carbocycles. The molecule has 0 aliphatic heterocycles. The van der Waals surface area contributed by atoms with Gasteiger partial charge in [-0.25, -0.2) is 13.8 Å². The summed E-state index contributed by atoms with van der Waals surface area (Å²) in [5.41, 5.74) is 0. The van der Waals surface area contributed by atoms with E-state index >= 15 is 0 Å². The predicted molar refractivity (Wildman–Crippen MR) is 42.1 cm³/mol. The number of aromatic nitrogens is 1. The number of carbonyl (C=O) groups is 2. The Hall–Kier alpha value is -1.17. The molecule has 0 bridgehead atoms. The first-order valence-electron chi connectivity index (χ1n) is 3.35. The third-order valence-corrected chi connectivity index (χ3v) is 2.06. The Kier molecular flexibility index (Phi) is 3.18. The molecule has 0 saturated heterocycles. The lowest BCUT2D eigenvalue weighted by Gasteiger charge is -1.95. The average Bonchev–Trinajstić information content (AvgIpc) is 2.55. The van der Waals surface area contributed by atoms with Crippen molar-refractivity contribution in [2.24, 2.45) is 0 Å².